The molecule has 70 valence electrons. The molecule has 6 heteroatoms. The summed E-state index contributed by atoms with van der Waals surface area (Å²) >= 11 is 3.40. The molecule has 0 aliphatic carbocycles. The van der Waals surface area contributed by atoms with Gasteiger partial charge in [0.05, 0.1) is 0 Å². The number of aromatic nitrogens is 2. The maximum absolute atomic E-state index is 3.99. The number of nitrogens with zero attached hydrogens (tertiary/aromatic N) is 2. The minimum Gasteiger partial charge on any atom is -0.319 e. The van der Waals surface area contributed by atoms with Gasteiger partial charge in [-0.25, -0.2) is 0 Å². The number of nitrogens with one attached hydrogen (secondary N) is 1. The van der Waals surface area contributed by atoms with E-state index in [9.17, 15) is 0 Å². The summed E-state index contributed by atoms with van der Waals surface area (Å²) in [5.41, 5.74) is 0. The van der Waals surface area contributed by atoms with Crippen molar-refractivity contribution in [3.8, 4) is 0 Å². The Bertz CT molecular complexity index is 216. The van der Waals surface area contributed by atoms with Crippen LogP contribution in [0, 0.1) is 6.92 Å². The van der Waals surface area contributed by atoms with Gasteiger partial charge >= 0.3 is 0 Å². The van der Waals surface area contributed by atoms with Crippen LogP contribution in [0.1, 0.15) is 5.01 Å². The smallest absolute Gasteiger partial charge is 0.174 e. The number of thioether (sulfide) groups is 1. The lowest BCUT2D eigenvalue weighted by atomic mass is 10.8. The molecule has 1 N–H and O–H groups in total. The van der Waals surface area contributed by atoms with Gasteiger partial charge in [-0.1, -0.05) is 23.1 Å². The fraction of sp³-hybridized carbons (Fsp3) is 0.667. The van der Waals surface area contributed by atoms with Crippen LogP contribution in [0.3, 0.4) is 0 Å². The van der Waals surface area contributed by atoms with Crippen LogP contribution in [-0.4, -0.2) is 29.5 Å². The van der Waals surface area contributed by atoms with Gasteiger partial charge in [-0.05, 0) is 14.0 Å². The molecule has 0 spiro atoms. The van der Waals surface area contributed by atoms with Crippen molar-refractivity contribution in [1.82, 2.24) is 15.5 Å². The van der Waals surface area contributed by atoms with E-state index >= 15 is 0 Å². The van der Waals surface area contributed by atoms with E-state index in [2.05, 4.69) is 15.5 Å². The third-order valence-corrected chi connectivity index (χ3v) is 3.06. The summed E-state index contributed by atoms with van der Waals surface area (Å²) in [5.74, 6) is 1.06. The van der Waals surface area contributed by atoms with Crippen LogP contribution in [0.2, 0.25) is 0 Å². The van der Waals surface area contributed by atoms with E-state index in [0.717, 1.165) is 21.6 Å². The summed E-state index contributed by atoms with van der Waals surface area (Å²) in [5, 5.41) is 12.0. The summed E-state index contributed by atoms with van der Waals surface area (Å²) in [4.78, 5) is 0. The summed E-state index contributed by atoms with van der Waals surface area (Å²) in [6, 6.07) is 0. The SMILES string of the molecule is CNCCSc1nnc(C)s1.Cl. The first-order chi connectivity index (χ1) is 5.33. The molecule has 0 fully saturated rings. The Labute approximate surface area is 86.8 Å². The first-order valence-corrected chi connectivity index (χ1v) is 5.20. The van der Waals surface area contributed by atoms with Crippen LogP contribution >= 0.6 is 35.5 Å². The van der Waals surface area contributed by atoms with Gasteiger partial charge in [0.15, 0.2) is 4.34 Å². The van der Waals surface area contributed by atoms with Gasteiger partial charge in [-0.15, -0.1) is 22.6 Å². The third kappa shape index (κ3) is 4.25. The highest BCUT2D eigenvalue weighted by molar-refractivity contribution is 8.01. The van der Waals surface area contributed by atoms with Crippen LogP contribution in [0.15, 0.2) is 4.34 Å². The lowest BCUT2D eigenvalue weighted by Gasteiger charge is -1.93. The first-order valence-electron chi connectivity index (χ1n) is 3.40. The molecule has 0 saturated heterocycles. The second kappa shape index (κ2) is 6.65. The number of halogens is 1. The second-order valence-corrected chi connectivity index (χ2v) is 4.56. The van der Waals surface area contributed by atoms with Crippen molar-refractivity contribution in [2.45, 2.75) is 11.3 Å². The van der Waals surface area contributed by atoms with Crippen LogP contribution < -0.4 is 5.32 Å². The molecular formula is C6H12ClN3S2. The predicted octanol–water partition coefficient (Wildman–Crippen LogP) is 1.58. The van der Waals surface area contributed by atoms with Crippen molar-refractivity contribution in [3.05, 3.63) is 5.01 Å². The summed E-state index contributed by atoms with van der Waals surface area (Å²) in [6.07, 6.45) is 0. The van der Waals surface area contributed by atoms with E-state index < -0.39 is 0 Å². The summed E-state index contributed by atoms with van der Waals surface area (Å²) < 4.78 is 1.07. The average molecular weight is 226 g/mol. The van der Waals surface area contributed by atoms with Crippen LogP contribution in [0.25, 0.3) is 0 Å². The van der Waals surface area contributed by atoms with Crippen molar-refractivity contribution < 1.29 is 0 Å². The van der Waals surface area contributed by atoms with Crippen molar-refractivity contribution in [2.75, 3.05) is 19.3 Å². The van der Waals surface area contributed by atoms with Gasteiger partial charge < -0.3 is 5.32 Å². The van der Waals surface area contributed by atoms with E-state index in [-0.39, 0.29) is 12.4 Å². The highest BCUT2D eigenvalue weighted by Gasteiger charge is 1.98. The summed E-state index contributed by atoms with van der Waals surface area (Å²) in [6.45, 7) is 2.99. The molecule has 0 aliphatic heterocycles. The highest BCUT2D eigenvalue weighted by Crippen LogP contribution is 2.20. The maximum Gasteiger partial charge on any atom is 0.174 e. The molecule has 0 radical (unpaired) electrons. The van der Waals surface area contributed by atoms with Crippen LogP contribution in [0.4, 0.5) is 0 Å². The van der Waals surface area contributed by atoms with E-state index in [1.54, 1.807) is 23.1 Å². The van der Waals surface area contributed by atoms with E-state index in [1.807, 2.05) is 14.0 Å². The van der Waals surface area contributed by atoms with Gasteiger partial charge in [0, 0.05) is 12.3 Å². The first kappa shape index (κ1) is 12.2. The Balaban J connectivity index is 0.00000121. The minimum atomic E-state index is 0. The molecule has 0 atom stereocenters. The van der Waals surface area contributed by atoms with Gasteiger partial charge in [0.2, 0.25) is 0 Å². The Morgan fingerprint density at radius 3 is 2.75 bits per heavy atom. The zero-order valence-electron chi connectivity index (χ0n) is 7.03. The molecule has 3 nitrogen and oxygen atoms in total. The van der Waals surface area contributed by atoms with E-state index in [1.165, 1.54) is 0 Å². The van der Waals surface area contributed by atoms with E-state index in [0.29, 0.717) is 0 Å². The molecule has 1 rings (SSSR count). The van der Waals surface area contributed by atoms with Gasteiger partial charge in [0.1, 0.15) is 5.01 Å². The fourth-order valence-electron chi connectivity index (χ4n) is 0.577. The largest absolute Gasteiger partial charge is 0.319 e. The van der Waals surface area contributed by atoms with Gasteiger partial charge in [-0.3, -0.25) is 0 Å². The normalized spacial score (nSPS) is 9.50. The molecule has 0 aliphatic rings. The fourth-order valence-corrected chi connectivity index (χ4v) is 2.42. The number of aryl methyl sites for hydroxylation is 1. The second-order valence-electron chi connectivity index (χ2n) is 2.04. The van der Waals surface area contributed by atoms with Gasteiger partial charge in [0.25, 0.3) is 0 Å². The average Bonchev–Trinajstić information content (AvgIpc) is 2.37. The number of hydrogen-bond donors (Lipinski definition) is 1. The molecule has 1 heterocycles. The predicted molar refractivity (Wildman–Crippen MR) is 56.5 cm³/mol. The lowest BCUT2D eigenvalue weighted by Crippen LogP contribution is -2.09. The Kier molecular flexibility index (Phi) is 6.74. The Morgan fingerprint density at radius 2 is 2.25 bits per heavy atom. The van der Waals surface area contributed by atoms with Crippen molar-refractivity contribution >= 4 is 35.5 Å². The highest BCUT2D eigenvalue weighted by atomic mass is 35.5. The standard InChI is InChI=1S/C6H11N3S2.ClH/c1-5-8-9-6(11-5)10-4-3-7-2;/h7H,3-4H2,1-2H3;1H. The van der Waals surface area contributed by atoms with Crippen molar-refractivity contribution in [3.63, 3.8) is 0 Å². The molecule has 0 unspecified atom stereocenters. The van der Waals surface area contributed by atoms with Crippen molar-refractivity contribution in [1.29, 1.82) is 0 Å². The third-order valence-electron chi connectivity index (χ3n) is 1.09. The topological polar surface area (TPSA) is 37.8 Å². The lowest BCUT2D eigenvalue weighted by molar-refractivity contribution is 0.870. The summed E-state index contributed by atoms with van der Waals surface area (Å²) in [7, 11) is 1.95. The maximum atomic E-state index is 3.99. The molecule has 1 aromatic rings. The molecule has 1 aromatic heterocycles. The Hall–Kier alpha value is 0.160. The van der Waals surface area contributed by atoms with Crippen LogP contribution in [-0.2, 0) is 0 Å². The molecule has 12 heavy (non-hydrogen) atoms. The minimum absolute atomic E-state index is 0. The number of rotatable bonds is 4. The van der Waals surface area contributed by atoms with Crippen LogP contribution in [0.5, 0.6) is 0 Å². The zero-order valence-corrected chi connectivity index (χ0v) is 9.48. The molecule has 0 bridgehead atoms. The molecule has 0 saturated carbocycles. The monoisotopic (exact) mass is 225 g/mol. The molecular weight excluding hydrogens is 214 g/mol. The van der Waals surface area contributed by atoms with Gasteiger partial charge in [-0.2, -0.15) is 0 Å². The quantitative estimate of drug-likeness (QED) is 0.624. The zero-order chi connectivity index (χ0) is 8.10. The molecule has 0 aromatic carbocycles. The van der Waals surface area contributed by atoms with E-state index in [4.69, 9.17) is 0 Å². The van der Waals surface area contributed by atoms with Crippen molar-refractivity contribution in [2.24, 2.45) is 0 Å². The molecule has 0 amide bonds. The Morgan fingerprint density at radius 1 is 1.50 bits per heavy atom. The number of hydrogen-bond acceptors (Lipinski definition) is 5.